The summed E-state index contributed by atoms with van der Waals surface area (Å²) in [5.74, 6) is 0. The summed E-state index contributed by atoms with van der Waals surface area (Å²) in [5.41, 5.74) is 0. The third kappa shape index (κ3) is 15.2. The van der Waals surface area contributed by atoms with Crippen molar-refractivity contribution in [2.24, 2.45) is 0 Å². The monoisotopic (exact) mass is 350 g/mol. The minimum atomic E-state index is -3.94. The molecule has 0 rings (SSSR count). The predicted octanol–water partition coefficient (Wildman–Crippen LogP) is 5.11. The van der Waals surface area contributed by atoms with Crippen LogP contribution in [0.3, 0.4) is 0 Å². The Labute approximate surface area is 143 Å². The van der Waals surface area contributed by atoms with Gasteiger partial charge in [-0.2, -0.15) is 8.42 Å². The Hall–Kier alpha value is -0.130. The normalized spacial score (nSPS) is 13.3. The van der Waals surface area contributed by atoms with Crippen LogP contribution in [0.25, 0.3) is 0 Å². The van der Waals surface area contributed by atoms with Gasteiger partial charge in [0.25, 0.3) is 10.1 Å². The number of aliphatic hydroxyl groups is 1. The van der Waals surface area contributed by atoms with Crippen LogP contribution >= 0.6 is 0 Å². The molecule has 0 bridgehead atoms. The van der Waals surface area contributed by atoms with E-state index in [0.29, 0.717) is 25.7 Å². The number of unbranched alkanes of at least 4 members (excludes halogenated alkanes) is 11. The molecule has 0 heterocycles. The third-order valence-corrected chi connectivity index (χ3v) is 5.80. The van der Waals surface area contributed by atoms with Gasteiger partial charge in [0.2, 0.25) is 0 Å². The van der Waals surface area contributed by atoms with Crippen molar-refractivity contribution in [2.75, 3.05) is 6.61 Å². The van der Waals surface area contributed by atoms with Gasteiger partial charge in [0.05, 0.1) is 5.25 Å². The largest absolute Gasteiger partial charge is 0.396 e. The number of hydrogen-bond donors (Lipinski definition) is 2. The lowest BCUT2D eigenvalue weighted by atomic mass is 10.0. The zero-order valence-corrected chi connectivity index (χ0v) is 15.8. The molecule has 140 valence electrons. The van der Waals surface area contributed by atoms with Crippen molar-refractivity contribution in [1.29, 1.82) is 0 Å². The molecule has 0 radical (unpaired) electrons. The van der Waals surface area contributed by atoms with Crippen LogP contribution in [0.2, 0.25) is 0 Å². The maximum absolute atomic E-state index is 11.3. The molecule has 0 fully saturated rings. The highest BCUT2D eigenvalue weighted by Gasteiger charge is 2.21. The van der Waals surface area contributed by atoms with Crippen molar-refractivity contribution < 1.29 is 18.1 Å². The van der Waals surface area contributed by atoms with Crippen LogP contribution in [0, 0.1) is 0 Å². The first-order valence-corrected chi connectivity index (χ1v) is 11.1. The summed E-state index contributed by atoms with van der Waals surface area (Å²) in [5, 5.41) is 8.10. The van der Waals surface area contributed by atoms with E-state index in [2.05, 4.69) is 6.92 Å². The van der Waals surface area contributed by atoms with Gasteiger partial charge in [-0.15, -0.1) is 0 Å². The Morgan fingerprint density at radius 2 is 1.09 bits per heavy atom. The van der Waals surface area contributed by atoms with Crippen LogP contribution in [0.5, 0.6) is 0 Å². The summed E-state index contributed by atoms with van der Waals surface area (Å²) in [6, 6.07) is 0. The molecule has 23 heavy (non-hydrogen) atoms. The molecule has 0 amide bonds. The van der Waals surface area contributed by atoms with Gasteiger partial charge in [-0.1, -0.05) is 77.6 Å². The summed E-state index contributed by atoms with van der Waals surface area (Å²) < 4.78 is 31.9. The lowest BCUT2D eigenvalue weighted by Gasteiger charge is -2.13. The van der Waals surface area contributed by atoms with Gasteiger partial charge in [-0.05, 0) is 25.7 Å². The van der Waals surface area contributed by atoms with Crippen LogP contribution in [-0.4, -0.2) is 29.9 Å². The van der Waals surface area contributed by atoms with Crippen LogP contribution in [-0.2, 0) is 10.1 Å². The van der Waals surface area contributed by atoms with Crippen LogP contribution in [0.4, 0.5) is 0 Å². The molecule has 5 heteroatoms. The molecule has 4 nitrogen and oxygen atoms in total. The molecule has 0 aromatic heterocycles. The van der Waals surface area contributed by atoms with Gasteiger partial charge < -0.3 is 5.11 Å². The minimum absolute atomic E-state index is 0.0800. The highest BCUT2D eigenvalue weighted by Crippen LogP contribution is 2.18. The second-order valence-electron chi connectivity index (χ2n) is 6.68. The Kier molecular flexibility index (Phi) is 15.3. The maximum Gasteiger partial charge on any atom is 0.267 e. The smallest absolute Gasteiger partial charge is 0.267 e. The van der Waals surface area contributed by atoms with E-state index >= 15 is 0 Å². The van der Waals surface area contributed by atoms with Crippen molar-refractivity contribution in [2.45, 2.75) is 108 Å². The summed E-state index contributed by atoms with van der Waals surface area (Å²) in [4.78, 5) is 0. The van der Waals surface area contributed by atoms with Gasteiger partial charge in [-0.25, -0.2) is 0 Å². The summed E-state index contributed by atoms with van der Waals surface area (Å²) in [6.45, 7) is 2.32. The van der Waals surface area contributed by atoms with Gasteiger partial charge in [0, 0.05) is 6.61 Å². The first kappa shape index (κ1) is 22.9. The summed E-state index contributed by atoms with van der Waals surface area (Å²) >= 11 is 0. The Morgan fingerprint density at radius 1 is 0.696 bits per heavy atom. The van der Waals surface area contributed by atoms with Crippen molar-refractivity contribution in [3.05, 3.63) is 0 Å². The summed E-state index contributed by atoms with van der Waals surface area (Å²) in [7, 11) is -3.94. The second kappa shape index (κ2) is 15.4. The van der Waals surface area contributed by atoms with Crippen molar-refractivity contribution in [1.82, 2.24) is 0 Å². The molecular weight excluding hydrogens is 312 g/mol. The van der Waals surface area contributed by atoms with E-state index in [0.717, 1.165) is 19.3 Å². The topological polar surface area (TPSA) is 74.6 Å². The van der Waals surface area contributed by atoms with Crippen LogP contribution in [0.1, 0.15) is 103 Å². The molecule has 2 N–H and O–H groups in total. The second-order valence-corrected chi connectivity index (χ2v) is 8.38. The molecule has 0 spiro atoms. The first-order valence-electron chi connectivity index (χ1n) is 9.59. The lowest BCUT2D eigenvalue weighted by molar-refractivity contribution is 0.281. The molecule has 0 aromatic carbocycles. The van der Waals surface area contributed by atoms with E-state index in [-0.39, 0.29) is 6.61 Å². The zero-order valence-electron chi connectivity index (χ0n) is 15.0. The van der Waals surface area contributed by atoms with Gasteiger partial charge >= 0.3 is 0 Å². The number of hydrogen-bond acceptors (Lipinski definition) is 3. The molecule has 0 saturated carbocycles. The number of aliphatic hydroxyl groups excluding tert-OH is 1. The van der Waals surface area contributed by atoms with Gasteiger partial charge in [0.1, 0.15) is 0 Å². The molecule has 0 saturated heterocycles. The fourth-order valence-electron chi connectivity index (χ4n) is 2.96. The van der Waals surface area contributed by atoms with Crippen LogP contribution < -0.4 is 0 Å². The van der Waals surface area contributed by atoms with E-state index in [1.165, 1.54) is 51.4 Å². The van der Waals surface area contributed by atoms with E-state index in [9.17, 15) is 13.0 Å². The fraction of sp³-hybridized carbons (Fsp3) is 1.00. The average Bonchev–Trinajstić information content (AvgIpc) is 2.49. The number of rotatable bonds is 17. The third-order valence-electron chi connectivity index (χ3n) is 4.49. The lowest BCUT2D eigenvalue weighted by Crippen LogP contribution is -2.20. The highest BCUT2D eigenvalue weighted by molar-refractivity contribution is 7.86. The van der Waals surface area contributed by atoms with Crippen LogP contribution in [0.15, 0.2) is 0 Å². The van der Waals surface area contributed by atoms with Gasteiger partial charge in [0.15, 0.2) is 0 Å². The molecule has 0 aliphatic rings. The molecule has 1 atom stereocenters. The fourth-order valence-corrected chi connectivity index (χ4v) is 3.89. The predicted molar refractivity (Wildman–Crippen MR) is 97.4 cm³/mol. The van der Waals surface area contributed by atoms with Gasteiger partial charge in [-0.3, -0.25) is 4.55 Å². The first-order chi connectivity index (χ1) is 11.0. The quantitative estimate of drug-likeness (QED) is 0.282. The average molecular weight is 351 g/mol. The standard InChI is InChI=1S/C18H38O4S/c1-2-3-4-5-6-7-8-9-10-11-12-15-18(23(20,21)22)16-13-14-17-19/h18-19H,2-17H2,1H3,(H,20,21,22). The molecular formula is C18H38O4S. The van der Waals surface area contributed by atoms with Crippen molar-refractivity contribution in [3.63, 3.8) is 0 Å². The molecule has 1 unspecified atom stereocenters. The minimum Gasteiger partial charge on any atom is -0.396 e. The van der Waals surface area contributed by atoms with E-state index in [1.54, 1.807) is 0 Å². The zero-order chi connectivity index (χ0) is 17.4. The van der Waals surface area contributed by atoms with E-state index in [1.807, 2.05) is 0 Å². The van der Waals surface area contributed by atoms with Crippen molar-refractivity contribution in [3.8, 4) is 0 Å². The Morgan fingerprint density at radius 3 is 1.48 bits per heavy atom. The highest BCUT2D eigenvalue weighted by atomic mass is 32.2. The summed E-state index contributed by atoms with van der Waals surface area (Å²) in [6.07, 6.45) is 15.9. The van der Waals surface area contributed by atoms with E-state index in [4.69, 9.17) is 5.11 Å². The van der Waals surface area contributed by atoms with E-state index < -0.39 is 15.4 Å². The molecule has 0 aromatic rings. The van der Waals surface area contributed by atoms with Crippen molar-refractivity contribution >= 4 is 10.1 Å². The molecule has 0 aliphatic carbocycles. The molecule has 0 aliphatic heterocycles. The Balaban J connectivity index is 3.55. The SMILES string of the molecule is CCCCCCCCCCCCCC(CCCCO)S(=O)(=O)O. The maximum atomic E-state index is 11.3. The Bertz CT molecular complexity index is 341.